The van der Waals surface area contributed by atoms with E-state index in [-0.39, 0.29) is 5.91 Å². The Bertz CT molecular complexity index is 282. The zero-order valence-electron chi connectivity index (χ0n) is 7.19. The molecule has 0 fully saturated rings. The van der Waals surface area contributed by atoms with Crippen LogP contribution in [0.4, 0.5) is 0 Å². The van der Waals surface area contributed by atoms with Crippen molar-refractivity contribution in [2.24, 2.45) is 5.73 Å². The molecular weight excluding hydrogens is 184 g/mol. The van der Waals surface area contributed by atoms with Crippen LogP contribution >= 0.6 is 11.3 Å². The normalized spacial score (nSPS) is 12.1. The van der Waals surface area contributed by atoms with E-state index in [0.29, 0.717) is 6.54 Å². The molecule has 1 heterocycles. The van der Waals surface area contributed by atoms with Gasteiger partial charge in [-0.2, -0.15) is 0 Å². The van der Waals surface area contributed by atoms with Gasteiger partial charge in [-0.25, -0.2) is 0 Å². The molecule has 1 atom stereocenters. The maximum atomic E-state index is 11.3. The van der Waals surface area contributed by atoms with Crippen LogP contribution in [0.3, 0.4) is 0 Å². The van der Waals surface area contributed by atoms with Gasteiger partial charge in [-0.3, -0.25) is 4.79 Å². The van der Waals surface area contributed by atoms with Gasteiger partial charge in [0.15, 0.2) is 0 Å². The second kappa shape index (κ2) is 4.79. The van der Waals surface area contributed by atoms with Crippen LogP contribution in [-0.2, 0) is 4.79 Å². The first-order chi connectivity index (χ1) is 6.25. The molecule has 0 saturated heterocycles. The minimum Gasteiger partial charge on any atom is -0.351 e. The van der Waals surface area contributed by atoms with Gasteiger partial charge in [-0.05, 0) is 11.4 Å². The maximum absolute atomic E-state index is 11.3. The third-order valence-electron chi connectivity index (χ3n) is 1.55. The molecule has 0 aromatic carbocycles. The van der Waals surface area contributed by atoms with Crippen LogP contribution < -0.4 is 11.1 Å². The van der Waals surface area contributed by atoms with Crippen molar-refractivity contribution < 1.29 is 4.79 Å². The van der Waals surface area contributed by atoms with Crippen LogP contribution in [0.25, 0.3) is 0 Å². The lowest BCUT2D eigenvalue weighted by atomic mass is 10.2. The Labute approximate surface area is 81.3 Å². The van der Waals surface area contributed by atoms with Crippen LogP contribution in [0, 0.1) is 0 Å². The van der Waals surface area contributed by atoms with E-state index < -0.39 is 6.04 Å². The summed E-state index contributed by atoms with van der Waals surface area (Å²) >= 11 is 1.48. The molecule has 1 unspecified atom stereocenters. The van der Waals surface area contributed by atoms with Gasteiger partial charge < -0.3 is 11.1 Å². The molecule has 1 amide bonds. The molecule has 0 radical (unpaired) electrons. The smallest absolute Gasteiger partial charge is 0.242 e. The molecule has 1 aromatic rings. The van der Waals surface area contributed by atoms with E-state index >= 15 is 0 Å². The van der Waals surface area contributed by atoms with Crippen LogP contribution in [0.1, 0.15) is 10.9 Å². The quantitative estimate of drug-likeness (QED) is 0.707. The van der Waals surface area contributed by atoms with Crippen molar-refractivity contribution in [3.8, 4) is 0 Å². The van der Waals surface area contributed by atoms with Crippen molar-refractivity contribution in [3.63, 3.8) is 0 Å². The molecule has 3 nitrogen and oxygen atoms in total. The minimum atomic E-state index is -0.556. The summed E-state index contributed by atoms with van der Waals surface area (Å²) in [6.07, 6.45) is 1.62. The fourth-order valence-electron chi connectivity index (χ4n) is 0.880. The summed E-state index contributed by atoms with van der Waals surface area (Å²) in [6, 6.07) is 3.17. The van der Waals surface area contributed by atoms with E-state index in [4.69, 9.17) is 5.73 Å². The van der Waals surface area contributed by atoms with E-state index in [9.17, 15) is 4.79 Å². The minimum absolute atomic E-state index is 0.164. The van der Waals surface area contributed by atoms with Crippen LogP contribution in [-0.4, -0.2) is 12.5 Å². The molecule has 3 N–H and O–H groups in total. The third kappa shape index (κ3) is 2.68. The van der Waals surface area contributed by atoms with Gasteiger partial charge in [0, 0.05) is 11.4 Å². The molecule has 4 heteroatoms. The lowest BCUT2D eigenvalue weighted by molar-refractivity contribution is -0.122. The second-order valence-corrected chi connectivity index (χ2v) is 3.51. The molecule has 1 aromatic heterocycles. The zero-order chi connectivity index (χ0) is 9.68. The second-order valence-electron chi connectivity index (χ2n) is 2.53. The van der Waals surface area contributed by atoms with Crippen molar-refractivity contribution in [1.82, 2.24) is 5.32 Å². The van der Waals surface area contributed by atoms with Crippen molar-refractivity contribution in [2.75, 3.05) is 6.54 Å². The van der Waals surface area contributed by atoms with E-state index in [1.165, 1.54) is 11.3 Å². The molecule has 0 aliphatic heterocycles. The molecule has 0 saturated carbocycles. The predicted octanol–water partition coefficient (Wildman–Crippen LogP) is 1.05. The van der Waals surface area contributed by atoms with E-state index in [1.807, 2.05) is 17.5 Å². The van der Waals surface area contributed by atoms with Crippen LogP contribution in [0.2, 0.25) is 0 Å². The summed E-state index contributed by atoms with van der Waals surface area (Å²) in [7, 11) is 0. The Morgan fingerprint density at radius 3 is 3.15 bits per heavy atom. The van der Waals surface area contributed by atoms with Gasteiger partial charge in [0.05, 0.1) is 0 Å². The molecule has 0 aliphatic carbocycles. The number of thiophene rings is 1. The Morgan fingerprint density at radius 1 is 1.85 bits per heavy atom. The SMILES string of the molecule is C=CCNC(=O)C(N)c1cccs1. The molecule has 0 bridgehead atoms. The topological polar surface area (TPSA) is 55.1 Å². The van der Waals surface area contributed by atoms with Gasteiger partial charge in [0.25, 0.3) is 0 Å². The monoisotopic (exact) mass is 196 g/mol. The molecule has 1 rings (SSSR count). The molecule has 0 spiro atoms. The van der Waals surface area contributed by atoms with Gasteiger partial charge in [0.2, 0.25) is 5.91 Å². The Hall–Kier alpha value is -1.13. The number of hydrogen-bond acceptors (Lipinski definition) is 3. The average Bonchev–Trinajstić information content (AvgIpc) is 2.65. The highest BCUT2D eigenvalue weighted by molar-refractivity contribution is 7.10. The van der Waals surface area contributed by atoms with Crippen molar-refractivity contribution in [3.05, 3.63) is 35.0 Å². The van der Waals surface area contributed by atoms with E-state index in [2.05, 4.69) is 11.9 Å². The first kappa shape index (κ1) is 9.95. The maximum Gasteiger partial charge on any atom is 0.242 e. The first-order valence-corrected chi connectivity index (χ1v) is 4.81. The number of rotatable bonds is 4. The Balaban J connectivity index is 2.52. The summed E-state index contributed by atoms with van der Waals surface area (Å²) in [5.74, 6) is -0.164. The van der Waals surface area contributed by atoms with E-state index in [0.717, 1.165) is 4.88 Å². The number of nitrogens with two attached hydrogens (primary N) is 1. The van der Waals surface area contributed by atoms with Crippen molar-refractivity contribution >= 4 is 17.2 Å². The van der Waals surface area contributed by atoms with Crippen LogP contribution in [0.15, 0.2) is 30.2 Å². The number of hydrogen-bond donors (Lipinski definition) is 2. The van der Waals surface area contributed by atoms with Gasteiger partial charge in [-0.15, -0.1) is 17.9 Å². The van der Waals surface area contributed by atoms with Crippen molar-refractivity contribution in [2.45, 2.75) is 6.04 Å². The Morgan fingerprint density at radius 2 is 2.62 bits per heavy atom. The highest BCUT2D eigenvalue weighted by Crippen LogP contribution is 2.16. The number of amides is 1. The number of carbonyl (C=O) groups is 1. The lowest BCUT2D eigenvalue weighted by Crippen LogP contribution is -2.33. The van der Waals surface area contributed by atoms with E-state index in [1.54, 1.807) is 6.08 Å². The summed E-state index contributed by atoms with van der Waals surface area (Å²) < 4.78 is 0. The van der Waals surface area contributed by atoms with Crippen LogP contribution in [0.5, 0.6) is 0 Å². The highest BCUT2D eigenvalue weighted by Gasteiger charge is 2.14. The van der Waals surface area contributed by atoms with Gasteiger partial charge in [0.1, 0.15) is 6.04 Å². The largest absolute Gasteiger partial charge is 0.351 e. The standard InChI is InChI=1S/C9H12N2OS/c1-2-5-11-9(12)8(10)7-4-3-6-13-7/h2-4,6,8H,1,5,10H2,(H,11,12). The van der Waals surface area contributed by atoms with Gasteiger partial charge in [-0.1, -0.05) is 12.1 Å². The summed E-state index contributed by atoms with van der Waals surface area (Å²) in [4.78, 5) is 12.2. The number of carbonyl (C=O) groups excluding carboxylic acids is 1. The molecule has 0 aliphatic rings. The fourth-order valence-corrected chi connectivity index (χ4v) is 1.61. The number of nitrogens with one attached hydrogen (secondary N) is 1. The van der Waals surface area contributed by atoms with Crippen molar-refractivity contribution in [1.29, 1.82) is 0 Å². The first-order valence-electron chi connectivity index (χ1n) is 3.93. The third-order valence-corrected chi connectivity index (χ3v) is 2.51. The molecular formula is C9H12N2OS. The summed E-state index contributed by atoms with van der Waals surface area (Å²) in [5.41, 5.74) is 5.69. The average molecular weight is 196 g/mol. The Kier molecular flexibility index (Phi) is 3.67. The predicted molar refractivity (Wildman–Crippen MR) is 54.5 cm³/mol. The summed E-state index contributed by atoms with van der Waals surface area (Å²) in [6.45, 7) is 3.96. The summed E-state index contributed by atoms with van der Waals surface area (Å²) in [5, 5.41) is 4.54. The fraction of sp³-hybridized carbons (Fsp3) is 0.222. The highest BCUT2D eigenvalue weighted by atomic mass is 32.1. The lowest BCUT2D eigenvalue weighted by Gasteiger charge is -2.08. The zero-order valence-corrected chi connectivity index (χ0v) is 8.01. The van der Waals surface area contributed by atoms with Gasteiger partial charge >= 0.3 is 0 Å². The molecule has 70 valence electrons. The molecule has 13 heavy (non-hydrogen) atoms.